The van der Waals surface area contributed by atoms with Crippen LogP contribution in [0, 0.1) is 5.92 Å². The van der Waals surface area contributed by atoms with Gasteiger partial charge in [0.05, 0.1) is 11.9 Å². The van der Waals surface area contributed by atoms with Crippen molar-refractivity contribution in [3.05, 3.63) is 29.3 Å². The van der Waals surface area contributed by atoms with Gasteiger partial charge in [-0.05, 0) is 38.0 Å². The van der Waals surface area contributed by atoms with Gasteiger partial charge < -0.3 is 5.32 Å². The van der Waals surface area contributed by atoms with Gasteiger partial charge in [0.2, 0.25) is 15.9 Å². The summed E-state index contributed by atoms with van der Waals surface area (Å²) in [7, 11) is -3.62. The van der Waals surface area contributed by atoms with E-state index < -0.39 is 16.1 Å². The Kier molecular flexibility index (Phi) is 6.26. The average Bonchev–Trinajstić information content (AvgIpc) is 2.36. The van der Waals surface area contributed by atoms with Gasteiger partial charge in [-0.1, -0.05) is 31.5 Å². The summed E-state index contributed by atoms with van der Waals surface area (Å²) in [5.41, 5.74) is 0.370. The van der Waals surface area contributed by atoms with E-state index in [0.717, 1.165) is 10.6 Å². The molecule has 1 amide bonds. The number of carbonyl (C=O) groups excluding carboxylic acids is 1. The van der Waals surface area contributed by atoms with Crippen LogP contribution in [0.3, 0.4) is 0 Å². The minimum Gasteiger partial charge on any atom is -0.352 e. The molecule has 0 aliphatic heterocycles. The highest BCUT2D eigenvalue weighted by molar-refractivity contribution is 7.92. The van der Waals surface area contributed by atoms with E-state index in [4.69, 9.17) is 11.6 Å². The van der Waals surface area contributed by atoms with Crippen LogP contribution in [0.1, 0.15) is 27.7 Å². The van der Waals surface area contributed by atoms with Crippen LogP contribution >= 0.6 is 11.6 Å². The first kappa shape index (κ1) is 18.8. The van der Waals surface area contributed by atoms with Crippen LogP contribution < -0.4 is 9.62 Å². The molecule has 0 fully saturated rings. The SMILES string of the molecule is CC(C)[C@H](C)NC(=O)[C@@H](C)N(c1cccc(Cl)c1)S(C)(=O)=O. The van der Waals surface area contributed by atoms with Gasteiger partial charge in [0.25, 0.3) is 0 Å². The minimum atomic E-state index is -3.62. The highest BCUT2D eigenvalue weighted by Crippen LogP contribution is 2.24. The van der Waals surface area contributed by atoms with E-state index >= 15 is 0 Å². The molecule has 124 valence electrons. The number of anilines is 1. The fraction of sp³-hybridized carbons (Fsp3) is 0.533. The molecule has 0 aliphatic rings. The monoisotopic (exact) mass is 346 g/mol. The van der Waals surface area contributed by atoms with Crippen molar-refractivity contribution < 1.29 is 13.2 Å². The number of nitrogens with one attached hydrogen (secondary N) is 1. The van der Waals surface area contributed by atoms with Crippen molar-refractivity contribution >= 4 is 33.2 Å². The highest BCUT2D eigenvalue weighted by atomic mass is 35.5. The van der Waals surface area contributed by atoms with E-state index in [9.17, 15) is 13.2 Å². The Balaban J connectivity index is 3.11. The Labute approximate surface area is 137 Å². The number of halogens is 1. The molecule has 1 rings (SSSR count). The third kappa shape index (κ3) is 4.88. The molecule has 0 saturated heterocycles. The lowest BCUT2D eigenvalue weighted by molar-refractivity contribution is -0.122. The largest absolute Gasteiger partial charge is 0.352 e. The highest BCUT2D eigenvalue weighted by Gasteiger charge is 2.30. The van der Waals surface area contributed by atoms with Gasteiger partial charge in [-0.2, -0.15) is 0 Å². The molecule has 0 aliphatic carbocycles. The summed E-state index contributed by atoms with van der Waals surface area (Å²) in [6.07, 6.45) is 1.07. The van der Waals surface area contributed by atoms with Crippen LogP contribution in [0.25, 0.3) is 0 Å². The lowest BCUT2D eigenvalue weighted by Crippen LogP contribution is -2.50. The van der Waals surface area contributed by atoms with Gasteiger partial charge >= 0.3 is 0 Å². The van der Waals surface area contributed by atoms with Crippen LogP contribution in [-0.4, -0.2) is 32.7 Å². The molecule has 0 unspecified atom stereocenters. The molecule has 0 heterocycles. The van der Waals surface area contributed by atoms with Crippen LogP contribution in [0.15, 0.2) is 24.3 Å². The van der Waals surface area contributed by atoms with Crippen molar-refractivity contribution in [2.75, 3.05) is 10.6 Å². The number of benzene rings is 1. The Morgan fingerprint density at radius 1 is 1.23 bits per heavy atom. The quantitative estimate of drug-likeness (QED) is 0.861. The summed E-state index contributed by atoms with van der Waals surface area (Å²) in [5, 5.41) is 3.25. The molecular formula is C15H23ClN2O3S. The second kappa shape index (κ2) is 7.33. The molecule has 0 bridgehead atoms. The maximum atomic E-state index is 12.4. The third-order valence-electron chi connectivity index (χ3n) is 3.52. The smallest absolute Gasteiger partial charge is 0.243 e. The summed E-state index contributed by atoms with van der Waals surface area (Å²) < 4.78 is 25.3. The van der Waals surface area contributed by atoms with E-state index in [1.165, 1.54) is 6.07 Å². The van der Waals surface area contributed by atoms with Crippen LogP contribution in [0.4, 0.5) is 5.69 Å². The van der Waals surface area contributed by atoms with Crippen molar-refractivity contribution in [2.45, 2.75) is 39.8 Å². The zero-order valence-corrected chi connectivity index (χ0v) is 15.1. The molecule has 1 N–H and O–H groups in total. The first-order valence-electron chi connectivity index (χ1n) is 7.09. The molecule has 0 saturated carbocycles. The first-order chi connectivity index (χ1) is 10.0. The zero-order chi connectivity index (χ0) is 17.1. The van der Waals surface area contributed by atoms with Crippen LogP contribution in [0.2, 0.25) is 5.02 Å². The maximum absolute atomic E-state index is 12.4. The molecule has 1 aromatic carbocycles. The van der Waals surface area contributed by atoms with Gasteiger partial charge in [0.15, 0.2) is 0 Å². The second-order valence-electron chi connectivity index (χ2n) is 5.76. The fourth-order valence-corrected chi connectivity index (χ4v) is 3.28. The molecule has 5 nitrogen and oxygen atoms in total. The van der Waals surface area contributed by atoms with E-state index in [1.54, 1.807) is 25.1 Å². The van der Waals surface area contributed by atoms with E-state index in [2.05, 4.69) is 5.32 Å². The molecule has 1 aromatic rings. The van der Waals surface area contributed by atoms with Crippen molar-refractivity contribution in [2.24, 2.45) is 5.92 Å². The summed E-state index contributed by atoms with van der Waals surface area (Å²) in [5.74, 6) is -0.0828. The molecule has 0 spiro atoms. The standard InChI is InChI=1S/C15H23ClN2O3S/c1-10(2)11(3)17-15(19)12(4)18(22(5,20)21)14-8-6-7-13(16)9-14/h6-12H,1-5H3,(H,17,19)/t11-,12+/m0/s1. The predicted octanol–water partition coefficient (Wildman–Crippen LogP) is 2.66. The topological polar surface area (TPSA) is 66.5 Å². The lowest BCUT2D eigenvalue weighted by Gasteiger charge is -2.30. The van der Waals surface area contributed by atoms with Gasteiger partial charge in [0, 0.05) is 11.1 Å². The molecule has 2 atom stereocenters. The number of rotatable bonds is 6. The number of amides is 1. The summed E-state index contributed by atoms with van der Waals surface area (Å²) in [4.78, 5) is 12.4. The van der Waals surface area contributed by atoms with Gasteiger partial charge in [-0.25, -0.2) is 8.42 Å². The number of sulfonamides is 1. The summed E-state index contributed by atoms with van der Waals surface area (Å²) in [6.45, 7) is 7.42. The second-order valence-corrected chi connectivity index (χ2v) is 8.05. The lowest BCUT2D eigenvalue weighted by atomic mass is 10.1. The number of hydrogen-bond donors (Lipinski definition) is 1. The molecule has 7 heteroatoms. The maximum Gasteiger partial charge on any atom is 0.243 e. The third-order valence-corrected chi connectivity index (χ3v) is 5.00. The first-order valence-corrected chi connectivity index (χ1v) is 9.32. The zero-order valence-electron chi connectivity index (χ0n) is 13.5. The molecule has 0 aromatic heterocycles. The number of hydrogen-bond acceptors (Lipinski definition) is 3. The Bertz CT molecular complexity index is 631. The molecular weight excluding hydrogens is 324 g/mol. The molecule has 0 radical (unpaired) electrons. The van der Waals surface area contributed by atoms with Crippen molar-refractivity contribution in [3.8, 4) is 0 Å². The number of carbonyl (C=O) groups is 1. The van der Waals surface area contributed by atoms with E-state index in [0.29, 0.717) is 10.7 Å². The summed E-state index contributed by atoms with van der Waals surface area (Å²) in [6, 6.07) is 5.53. The van der Waals surface area contributed by atoms with E-state index in [-0.39, 0.29) is 17.9 Å². The van der Waals surface area contributed by atoms with Gasteiger partial charge in [-0.3, -0.25) is 9.10 Å². The average molecular weight is 347 g/mol. The Hall–Kier alpha value is -1.27. The van der Waals surface area contributed by atoms with Gasteiger partial charge in [0.1, 0.15) is 6.04 Å². The van der Waals surface area contributed by atoms with E-state index in [1.807, 2.05) is 20.8 Å². The summed E-state index contributed by atoms with van der Waals surface area (Å²) >= 11 is 5.93. The van der Waals surface area contributed by atoms with Crippen molar-refractivity contribution in [3.63, 3.8) is 0 Å². The normalized spacial score (nSPS) is 14.5. The molecule has 22 heavy (non-hydrogen) atoms. The predicted molar refractivity (Wildman–Crippen MR) is 90.7 cm³/mol. The van der Waals surface area contributed by atoms with Crippen molar-refractivity contribution in [1.29, 1.82) is 0 Å². The van der Waals surface area contributed by atoms with Crippen LogP contribution in [-0.2, 0) is 14.8 Å². The fourth-order valence-electron chi connectivity index (χ4n) is 1.93. The Morgan fingerprint density at radius 3 is 2.27 bits per heavy atom. The van der Waals surface area contributed by atoms with Crippen LogP contribution in [0.5, 0.6) is 0 Å². The van der Waals surface area contributed by atoms with Crippen molar-refractivity contribution in [1.82, 2.24) is 5.32 Å². The van der Waals surface area contributed by atoms with Gasteiger partial charge in [-0.15, -0.1) is 0 Å². The number of nitrogens with zero attached hydrogens (tertiary/aromatic N) is 1. The Morgan fingerprint density at radius 2 is 1.82 bits per heavy atom. The minimum absolute atomic E-state index is 0.0456.